The maximum absolute atomic E-state index is 12.2. The van der Waals surface area contributed by atoms with Gasteiger partial charge in [-0.25, -0.2) is 8.42 Å². The molecule has 2 aromatic rings. The number of benzene rings is 2. The van der Waals surface area contributed by atoms with Crippen LogP contribution < -0.4 is 4.74 Å². The second-order valence-corrected chi connectivity index (χ2v) is 6.45. The van der Waals surface area contributed by atoms with E-state index in [0.29, 0.717) is 22.1 Å². The van der Waals surface area contributed by atoms with E-state index in [0.717, 1.165) is 0 Å². The first-order chi connectivity index (χ1) is 8.56. The third-order valence-electron chi connectivity index (χ3n) is 2.77. The first-order valence-corrected chi connectivity index (χ1v) is 7.37. The van der Waals surface area contributed by atoms with Gasteiger partial charge in [-0.15, -0.1) is 0 Å². The van der Waals surface area contributed by atoms with Crippen molar-refractivity contribution >= 4 is 21.4 Å². The second kappa shape index (κ2) is 4.00. The second-order valence-electron chi connectivity index (χ2n) is 4.06. The monoisotopic (exact) mass is 280 g/mol. The van der Waals surface area contributed by atoms with Crippen LogP contribution in [0.2, 0.25) is 5.02 Å². The lowest BCUT2D eigenvalue weighted by molar-refractivity contribution is 0.468. The van der Waals surface area contributed by atoms with Gasteiger partial charge in [-0.3, -0.25) is 0 Å². The van der Waals surface area contributed by atoms with Crippen LogP contribution in [0.1, 0.15) is 5.56 Å². The van der Waals surface area contributed by atoms with Gasteiger partial charge in [-0.1, -0.05) is 23.7 Å². The highest BCUT2D eigenvalue weighted by atomic mass is 35.5. The molecule has 3 nitrogen and oxygen atoms in total. The van der Waals surface area contributed by atoms with Gasteiger partial charge in [0, 0.05) is 10.6 Å². The number of halogens is 1. The van der Waals surface area contributed by atoms with E-state index in [9.17, 15) is 8.42 Å². The number of ether oxygens (including phenoxy) is 1. The van der Waals surface area contributed by atoms with Gasteiger partial charge in [0.2, 0.25) is 0 Å². The largest absolute Gasteiger partial charge is 0.456 e. The Morgan fingerprint density at radius 2 is 1.83 bits per heavy atom. The Morgan fingerprint density at radius 3 is 2.67 bits per heavy atom. The van der Waals surface area contributed by atoms with Crippen LogP contribution in [-0.4, -0.2) is 8.42 Å². The van der Waals surface area contributed by atoms with Crippen LogP contribution in [-0.2, 0) is 15.6 Å². The summed E-state index contributed by atoms with van der Waals surface area (Å²) in [6.07, 6.45) is 0. The summed E-state index contributed by atoms with van der Waals surface area (Å²) in [7, 11) is -3.39. The fourth-order valence-corrected chi connectivity index (χ4v) is 3.64. The van der Waals surface area contributed by atoms with Crippen molar-refractivity contribution in [3.63, 3.8) is 0 Å². The lowest BCUT2D eigenvalue weighted by atomic mass is 10.2. The first-order valence-electron chi connectivity index (χ1n) is 5.34. The molecular weight excluding hydrogens is 272 g/mol. The van der Waals surface area contributed by atoms with Gasteiger partial charge in [0.1, 0.15) is 16.4 Å². The predicted molar refractivity (Wildman–Crippen MR) is 68.9 cm³/mol. The third-order valence-corrected chi connectivity index (χ3v) is 4.71. The lowest BCUT2D eigenvalue weighted by Gasteiger charge is -2.07. The minimum absolute atomic E-state index is 0.0973. The van der Waals surface area contributed by atoms with E-state index < -0.39 is 9.84 Å². The van der Waals surface area contributed by atoms with E-state index in [1.54, 1.807) is 42.5 Å². The number of hydrogen-bond donors (Lipinski definition) is 0. The fraction of sp³-hybridized carbons (Fsp3) is 0.0769. The molecule has 3 rings (SSSR count). The quantitative estimate of drug-likeness (QED) is 0.743. The summed E-state index contributed by atoms with van der Waals surface area (Å²) in [5.74, 6) is 0.798. The van der Waals surface area contributed by atoms with Crippen LogP contribution in [0.15, 0.2) is 47.4 Å². The van der Waals surface area contributed by atoms with Crippen LogP contribution in [0, 0.1) is 0 Å². The molecule has 0 aliphatic carbocycles. The molecule has 0 saturated heterocycles. The fourth-order valence-electron chi connectivity index (χ4n) is 1.95. The van der Waals surface area contributed by atoms with E-state index in [2.05, 4.69) is 0 Å². The van der Waals surface area contributed by atoms with E-state index in [1.165, 1.54) is 0 Å². The van der Waals surface area contributed by atoms with Gasteiger partial charge in [0.25, 0.3) is 0 Å². The van der Waals surface area contributed by atoms with Crippen LogP contribution in [0.3, 0.4) is 0 Å². The van der Waals surface area contributed by atoms with Crippen molar-refractivity contribution in [2.45, 2.75) is 10.6 Å². The van der Waals surface area contributed by atoms with Crippen LogP contribution in [0.5, 0.6) is 11.5 Å². The predicted octanol–water partition coefficient (Wildman–Crippen LogP) is 3.42. The van der Waals surface area contributed by atoms with Gasteiger partial charge in [0.15, 0.2) is 9.84 Å². The molecule has 0 bridgehead atoms. The summed E-state index contributed by atoms with van der Waals surface area (Å²) < 4.78 is 30.1. The highest BCUT2D eigenvalue weighted by Gasteiger charge is 2.26. The van der Waals surface area contributed by atoms with E-state index in [-0.39, 0.29) is 10.6 Å². The summed E-state index contributed by atoms with van der Waals surface area (Å²) in [6.45, 7) is 0. The SMILES string of the molecule is O=S1(=O)Cc2cc(Cl)ccc2Oc2ccccc21. The number of fused-ring (bicyclic) bond motifs is 2. The van der Waals surface area contributed by atoms with E-state index in [1.807, 2.05) is 0 Å². The smallest absolute Gasteiger partial charge is 0.186 e. The molecule has 1 heterocycles. The van der Waals surface area contributed by atoms with E-state index in [4.69, 9.17) is 16.3 Å². The summed E-state index contributed by atoms with van der Waals surface area (Å²) >= 11 is 5.88. The van der Waals surface area contributed by atoms with Gasteiger partial charge < -0.3 is 4.74 Å². The number of rotatable bonds is 0. The van der Waals surface area contributed by atoms with Gasteiger partial charge in [-0.2, -0.15) is 0 Å². The van der Waals surface area contributed by atoms with Crippen molar-refractivity contribution in [2.75, 3.05) is 0 Å². The first kappa shape index (κ1) is 11.6. The Labute approximate surface area is 110 Å². The molecule has 0 unspecified atom stereocenters. The Kier molecular flexibility index (Phi) is 2.57. The van der Waals surface area contributed by atoms with Gasteiger partial charge >= 0.3 is 0 Å². The summed E-state index contributed by atoms with van der Waals surface area (Å²) in [4.78, 5) is 0.220. The van der Waals surface area contributed by atoms with Crippen molar-refractivity contribution in [1.29, 1.82) is 0 Å². The molecule has 18 heavy (non-hydrogen) atoms. The molecule has 0 aromatic heterocycles. The molecule has 0 spiro atoms. The zero-order valence-corrected chi connectivity index (χ0v) is 10.8. The molecule has 2 aromatic carbocycles. The number of sulfone groups is 1. The highest BCUT2D eigenvalue weighted by molar-refractivity contribution is 7.90. The summed E-state index contributed by atoms with van der Waals surface area (Å²) in [5, 5.41) is 0.499. The molecule has 0 saturated carbocycles. The molecule has 92 valence electrons. The highest BCUT2D eigenvalue weighted by Crippen LogP contribution is 2.38. The maximum Gasteiger partial charge on any atom is 0.186 e. The Bertz CT molecular complexity index is 723. The molecule has 0 radical (unpaired) electrons. The minimum atomic E-state index is -3.39. The van der Waals surface area contributed by atoms with Crippen LogP contribution >= 0.6 is 11.6 Å². The Balaban J connectivity index is 2.26. The standard InChI is InChI=1S/C13H9ClO3S/c14-10-5-6-11-9(7-10)8-18(15,16)13-4-2-1-3-12(13)17-11/h1-7H,8H2. The number of hydrogen-bond acceptors (Lipinski definition) is 3. The van der Waals surface area contributed by atoms with Gasteiger partial charge in [0.05, 0.1) is 5.75 Å². The van der Waals surface area contributed by atoms with Crippen LogP contribution in [0.25, 0.3) is 0 Å². The van der Waals surface area contributed by atoms with Crippen molar-refractivity contribution in [1.82, 2.24) is 0 Å². The third kappa shape index (κ3) is 1.87. The summed E-state index contributed by atoms with van der Waals surface area (Å²) in [5.41, 5.74) is 0.582. The molecule has 0 fully saturated rings. The molecule has 1 aliphatic heterocycles. The van der Waals surface area contributed by atoms with E-state index >= 15 is 0 Å². The van der Waals surface area contributed by atoms with Crippen molar-refractivity contribution in [3.8, 4) is 11.5 Å². The molecule has 0 amide bonds. The van der Waals surface area contributed by atoms with Crippen molar-refractivity contribution < 1.29 is 13.2 Å². The van der Waals surface area contributed by atoms with Gasteiger partial charge in [-0.05, 0) is 30.3 Å². The van der Waals surface area contributed by atoms with Crippen molar-refractivity contribution in [3.05, 3.63) is 53.1 Å². The molecule has 5 heteroatoms. The Morgan fingerprint density at radius 1 is 1.06 bits per heavy atom. The lowest BCUT2D eigenvalue weighted by Crippen LogP contribution is -2.03. The maximum atomic E-state index is 12.2. The normalized spacial score (nSPS) is 16.1. The molecule has 1 aliphatic rings. The minimum Gasteiger partial charge on any atom is -0.456 e. The molecular formula is C13H9ClO3S. The molecule has 0 atom stereocenters. The zero-order chi connectivity index (χ0) is 12.8. The Hall–Kier alpha value is -1.52. The van der Waals surface area contributed by atoms with Crippen molar-refractivity contribution in [2.24, 2.45) is 0 Å². The van der Waals surface area contributed by atoms with Crippen LogP contribution in [0.4, 0.5) is 0 Å². The summed E-state index contributed by atoms with van der Waals surface area (Å²) in [6, 6.07) is 11.6. The number of para-hydroxylation sites is 1. The topological polar surface area (TPSA) is 43.4 Å². The zero-order valence-electron chi connectivity index (χ0n) is 9.26. The average molecular weight is 281 g/mol. The average Bonchev–Trinajstić information content (AvgIpc) is 2.43. The molecule has 0 N–H and O–H groups in total.